The first-order valence-electron chi connectivity index (χ1n) is 10.3. The number of carbonyl (C=O) groups excluding carboxylic acids is 1. The second-order valence-corrected chi connectivity index (χ2v) is 9.93. The van der Waals surface area contributed by atoms with Gasteiger partial charge in [-0.15, -0.1) is 0 Å². The predicted molar refractivity (Wildman–Crippen MR) is 110 cm³/mol. The lowest BCUT2D eigenvalue weighted by Gasteiger charge is -2.31. The summed E-state index contributed by atoms with van der Waals surface area (Å²) in [7, 11) is -3.93. The zero-order valence-electron chi connectivity index (χ0n) is 16.9. The van der Waals surface area contributed by atoms with E-state index in [0.29, 0.717) is 32.1 Å². The molecule has 1 amide bonds. The lowest BCUT2D eigenvalue weighted by atomic mass is 9.95. The molecule has 2 aromatic carbocycles. The minimum atomic E-state index is -3.93. The molecule has 0 bridgehead atoms. The third-order valence-corrected chi connectivity index (χ3v) is 7.77. The summed E-state index contributed by atoms with van der Waals surface area (Å²) in [5.41, 5.74) is 1.13. The number of hydrogen-bond acceptors (Lipinski definition) is 4. The number of carbonyl (C=O) groups is 1. The van der Waals surface area contributed by atoms with Crippen molar-refractivity contribution in [2.24, 2.45) is 11.8 Å². The fraction of sp³-hybridized carbons (Fsp3) is 0.409. The fourth-order valence-corrected chi connectivity index (χ4v) is 5.54. The molecule has 6 nitrogen and oxygen atoms in total. The molecular formula is C22H24F2N2O4S. The van der Waals surface area contributed by atoms with Gasteiger partial charge in [-0.25, -0.2) is 17.2 Å². The van der Waals surface area contributed by atoms with Crippen molar-refractivity contribution in [1.29, 1.82) is 0 Å². The third kappa shape index (κ3) is 4.72. The number of piperidine rings is 1. The van der Waals surface area contributed by atoms with Gasteiger partial charge in [0.15, 0.2) is 11.6 Å². The number of nitrogens with zero attached hydrogens (tertiary/aromatic N) is 1. The van der Waals surface area contributed by atoms with Crippen molar-refractivity contribution in [2.75, 3.05) is 26.2 Å². The number of nitrogens with one attached hydrogen (secondary N) is 1. The van der Waals surface area contributed by atoms with E-state index in [1.165, 1.54) is 4.31 Å². The van der Waals surface area contributed by atoms with E-state index in [0.717, 1.165) is 29.9 Å². The SMILES string of the molecule is O=C(NCC1COc2ccccc2C1)C1CCN(S(=O)(=O)c2ccc(F)c(F)c2)CC1. The molecule has 2 heterocycles. The van der Waals surface area contributed by atoms with Gasteiger partial charge in [0.25, 0.3) is 0 Å². The van der Waals surface area contributed by atoms with Crippen molar-refractivity contribution in [1.82, 2.24) is 9.62 Å². The maximum Gasteiger partial charge on any atom is 0.243 e. The van der Waals surface area contributed by atoms with Crippen LogP contribution in [-0.4, -0.2) is 44.9 Å². The van der Waals surface area contributed by atoms with Gasteiger partial charge in [0.05, 0.1) is 11.5 Å². The summed E-state index contributed by atoms with van der Waals surface area (Å²) in [5.74, 6) is -1.60. The molecule has 0 aliphatic carbocycles. The number of ether oxygens (including phenoxy) is 1. The van der Waals surface area contributed by atoms with Crippen LogP contribution in [-0.2, 0) is 21.2 Å². The summed E-state index contributed by atoms with van der Waals surface area (Å²) in [4.78, 5) is 12.3. The average molecular weight is 451 g/mol. The van der Waals surface area contributed by atoms with Gasteiger partial charge in [0, 0.05) is 31.5 Å². The molecule has 1 fully saturated rings. The Bertz CT molecular complexity index is 1070. The monoisotopic (exact) mass is 450 g/mol. The average Bonchev–Trinajstić information content (AvgIpc) is 2.79. The van der Waals surface area contributed by atoms with Gasteiger partial charge in [-0.05, 0) is 49.1 Å². The predicted octanol–water partition coefficient (Wildman–Crippen LogP) is 2.73. The Morgan fingerprint density at radius 2 is 1.84 bits per heavy atom. The Kier molecular flexibility index (Phi) is 6.24. The second-order valence-electron chi connectivity index (χ2n) is 7.99. The molecule has 31 heavy (non-hydrogen) atoms. The normalized spacial score (nSPS) is 20.0. The maximum atomic E-state index is 13.4. The van der Waals surface area contributed by atoms with Crippen LogP contribution in [0.4, 0.5) is 8.78 Å². The van der Waals surface area contributed by atoms with Crippen LogP contribution in [0, 0.1) is 23.5 Å². The van der Waals surface area contributed by atoms with Gasteiger partial charge in [-0.3, -0.25) is 4.79 Å². The summed E-state index contributed by atoms with van der Waals surface area (Å²) in [6.07, 6.45) is 1.58. The first-order chi connectivity index (χ1) is 14.8. The number of rotatable bonds is 5. The first kappa shape index (κ1) is 21.7. The van der Waals surface area contributed by atoms with Crippen molar-refractivity contribution in [3.05, 3.63) is 59.7 Å². The third-order valence-electron chi connectivity index (χ3n) is 5.87. The topological polar surface area (TPSA) is 75.7 Å². The van der Waals surface area contributed by atoms with Crippen LogP contribution >= 0.6 is 0 Å². The van der Waals surface area contributed by atoms with Gasteiger partial charge in [-0.2, -0.15) is 4.31 Å². The molecule has 0 saturated carbocycles. The largest absolute Gasteiger partial charge is 0.493 e. The highest BCUT2D eigenvalue weighted by molar-refractivity contribution is 7.89. The molecule has 2 aliphatic heterocycles. The van der Waals surface area contributed by atoms with Crippen LogP contribution < -0.4 is 10.1 Å². The second kappa shape index (κ2) is 8.92. The molecule has 1 atom stereocenters. The molecule has 2 aliphatic rings. The fourth-order valence-electron chi connectivity index (χ4n) is 4.06. The van der Waals surface area contributed by atoms with Crippen molar-refractivity contribution in [3.63, 3.8) is 0 Å². The molecular weight excluding hydrogens is 426 g/mol. The van der Waals surface area contributed by atoms with Crippen LogP contribution in [0.2, 0.25) is 0 Å². The van der Waals surface area contributed by atoms with Crippen LogP contribution in [0.3, 0.4) is 0 Å². The number of sulfonamides is 1. The molecule has 166 valence electrons. The van der Waals surface area contributed by atoms with Gasteiger partial charge in [0.1, 0.15) is 5.75 Å². The van der Waals surface area contributed by atoms with Gasteiger partial charge in [0.2, 0.25) is 15.9 Å². The van der Waals surface area contributed by atoms with Crippen molar-refractivity contribution in [3.8, 4) is 5.75 Å². The summed E-state index contributed by atoms with van der Waals surface area (Å²) >= 11 is 0. The van der Waals surface area contributed by atoms with Gasteiger partial charge < -0.3 is 10.1 Å². The van der Waals surface area contributed by atoms with E-state index < -0.39 is 21.7 Å². The minimum Gasteiger partial charge on any atom is -0.493 e. The highest BCUT2D eigenvalue weighted by Crippen LogP contribution is 2.27. The van der Waals surface area contributed by atoms with Crippen LogP contribution in [0.15, 0.2) is 47.4 Å². The first-order valence-corrected chi connectivity index (χ1v) is 11.7. The molecule has 0 aromatic heterocycles. The van der Waals surface area contributed by atoms with Crippen LogP contribution in [0.1, 0.15) is 18.4 Å². The molecule has 4 rings (SSSR count). The Balaban J connectivity index is 1.28. The molecule has 0 spiro atoms. The quantitative estimate of drug-likeness (QED) is 0.760. The number of para-hydroxylation sites is 1. The maximum absolute atomic E-state index is 13.4. The van der Waals surface area contributed by atoms with Crippen LogP contribution in [0.5, 0.6) is 5.75 Å². The van der Waals surface area contributed by atoms with E-state index in [9.17, 15) is 22.0 Å². The highest BCUT2D eigenvalue weighted by Gasteiger charge is 2.33. The summed E-state index contributed by atoms with van der Waals surface area (Å²) in [5, 5.41) is 2.97. The van der Waals surface area contributed by atoms with Crippen LogP contribution in [0.25, 0.3) is 0 Å². The molecule has 9 heteroatoms. The van der Waals surface area contributed by atoms with E-state index in [4.69, 9.17) is 4.74 Å². The summed E-state index contributed by atoms with van der Waals surface area (Å²) in [6.45, 7) is 1.35. The molecule has 1 N–H and O–H groups in total. The van der Waals surface area contributed by atoms with E-state index in [-0.39, 0.29) is 35.7 Å². The van der Waals surface area contributed by atoms with Crippen molar-refractivity contribution in [2.45, 2.75) is 24.2 Å². The summed E-state index contributed by atoms with van der Waals surface area (Å²) < 4.78 is 58.9. The van der Waals surface area contributed by atoms with E-state index in [2.05, 4.69) is 5.32 Å². The minimum absolute atomic E-state index is 0.0938. The Labute approximate surface area is 180 Å². The lowest BCUT2D eigenvalue weighted by molar-refractivity contribution is -0.126. The summed E-state index contributed by atoms with van der Waals surface area (Å²) in [6, 6.07) is 10.4. The van der Waals surface area contributed by atoms with E-state index >= 15 is 0 Å². The molecule has 0 radical (unpaired) electrons. The Hall–Kier alpha value is -2.52. The highest BCUT2D eigenvalue weighted by atomic mass is 32.2. The van der Waals surface area contributed by atoms with Gasteiger partial charge in [-0.1, -0.05) is 18.2 Å². The zero-order chi connectivity index (χ0) is 22.0. The smallest absolute Gasteiger partial charge is 0.243 e. The Morgan fingerprint density at radius 3 is 2.58 bits per heavy atom. The number of hydrogen-bond donors (Lipinski definition) is 1. The molecule has 1 saturated heterocycles. The Morgan fingerprint density at radius 1 is 1.10 bits per heavy atom. The van der Waals surface area contributed by atoms with Crippen molar-refractivity contribution >= 4 is 15.9 Å². The number of benzene rings is 2. The standard InChI is InChI=1S/C22H24F2N2O4S/c23-19-6-5-18(12-20(19)24)31(28,29)26-9-7-16(8-10-26)22(27)25-13-15-11-17-3-1-2-4-21(17)30-14-15/h1-6,12,15-16H,7-11,13-14H2,(H,25,27). The molecule has 2 aromatic rings. The zero-order valence-corrected chi connectivity index (χ0v) is 17.7. The van der Waals surface area contributed by atoms with E-state index in [1.54, 1.807) is 0 Å². The molecule has 1 unspecified atom stereocenters. The number of fused-ring (bicyclic) bond motifs is 1. The number of halogens is 2. The lowest BCUT2D eigenvalue weighted by Crippen LogP contribution is -2.44. The van der Waals surface area contributed by atoms with Crippen molar-refractivity contribution < 1.29 is 26.7 Å². The van der Waals surface area contributed by atoms with E-state index in [1.807, 2.05) is 24.3 Å². The van der Waals surface area contributed by atoms with Gasteiger partial charge >= 0.3 is 0 Å². The number of amides is 1.